The molecule has 1 N–H and O–H groups in total. The van der Waals surface area contributed by atoms with Crippen molar-refractivity contribution in [2.45, 2.75) is 29.6 Å². The van der Waals surface area contributed by atoms with E-state index in [2.05, 4.69) is 4.72 Å². The van der Waals surface area contributed by atoms with E-state index in [1.54, 1.807) is 24.3 Å². The van der Waals surface area contributed by atoms with Gasteiger partial charge >= 0.3 is 0 Å². The number of hydrogen-bond acceptors (Lipinski definition) is 4. The predicted molar refractivity (Wildman–Crippen MR) is 98.6 cm³/mol. The minimum atomic E-state index is -3.78. The predicted octanol–water partition coefficient (Wildman–Crippen LogP) is 2.59. The quantitative estimate of drug-likeness (QED) is 0.761. The summed E-state index contributed by atoms with van der Waals surface area (Å²) in [7, 11) is -6.08. The maximum atomic E-state index is 13.0. The summed E-state index contributed by atoms with van der Waals surface area (Å²) in [6.07, 6.45) is 1.58. The highest BCUT2D eigenvalue weighted by molar-refractivity contribution is 7.92. The molecule has 0 bridgehead atoms. The first-order valence-corrected chi connectivity index (χ1v) is 10.9. The van der Waals surface area contributed by atoms with Crippen LogP contribution in [-0.2, 0) is 20.0 Å². The highest BCUT2D eigenvalue weighted by atomic mass is 32.2. The maximum Gasteiger partial charge on any atom is 0.264 e. The molecular formula is C17H22N2O4S2. The van der Waals surface area contributed by atoms with Gasteiger partial charge in [0.1, 0.15) is 0 Å². The Bertz CT molecular complexity index is 893. The number of nitrogens with zero attached hydrogens (tertiary/aromatic N) is 1. The van der Waals surface area contributed by atoms with Gasteiger partial charge in [-0.05, 0) is 49.9 Å². The van der Waals surface area contributed by atoms with Gasteiger partial charge in [-0.25, -0.2) is 21.6 Å². The van der Waals surface area contributed by atoms with Crippen LogP contribution in [0.1, 0.15) is 19.8 Å². The lowest BCUT2D eigenvalue weighted by molar-refractivity contribution is 0.584. The van der Waals surface area contributed by atoms with Crippen LogP contribution in [0.3, 0.4) is 0 Å². The van der Waals surface area contributed by atoms with Gasteiger partial charge in [0.2, 0.25) is 10.0 Å². The molecule has 0 spiro atoms. The SMILES string of the molecule is CCCCN(c1ccccc1)S(=O)(=O)c1ccc(S(=O)(=O)NC)cc1. The molecule has 0 aliphatic carbocycles. The molecule has 8 heteroatoms. The van der Waals surface area contributed by atoms with Gasteiger partial charge in [0.15, 0.2) is 0 Å². The number of rotatable bonds is 8. The van der Waals surface area contributed by atoms with Crippen molar-refractivity contribution in [3.8, 4) is 0 Å². The molecule has 2 rings (SSSR count). The Kier molecular flexibility index (Phi) is 6.21. The molecule has 136 valence electrons. The Hall–Kier alpha value is -1.90. The van der Waals surface area contributed by atoms with E-state index in [1.807, 2.05) is 13.0 Å². The summed E-state index contributed by atoms with van der Waals surface area (Å²) in [6, 6.07) is 14.1. The lowest BCUT2D eigenvalue weighted by Gasteiger charge is -2.24. The van der Waals surface area contributed by atoms with Crippen LogP contribution >= 0.6 is 0 Å². The Morgan fingerprint density at radius 2 is 1.44 bits per heavy atom. The summed E-state index contributed by atoms with van der Waals surface area (Å²) >= 11 is 0. The number of hydrogen-bond donors (Lipinski definition) is 1. The zero-order valence-electron chi connectivity index (χ0n) is 14.2. The van der Waals surface area contributed by atoms with Crippen molar-refractivity contribution in [2.24, 2.45) is 0 Å². The molecule has 0 aliphatic rings. The fourth-order valence-corrected chi connectivity index (χ4v) is 4.55. The van der Waals surface area contributed by atoms with Crippen LogP contribution in [-0.4, -0.2) is 30.4 Å². The number of sulfonamides is 2. The van der Waals surface area contributed by atoms with E-state index in [1.165, 1.54) is 35.6 Å². The standard InChI is InChI=1S/C17H22N2O4S2/c1-3-4-14-19(15-8-6-5-7-9-15)25(22,23)17-12-10-16(11-13-17)24(20,21)18-2/h5-13,18H,3-4,14H2,1-2H3. The zero-order chi connectivity index (χ0) is 18.5. The molecule has 6 nitrogen and oxygen atoms in total. The fourth-order valence-electron chi connectivity index (χ4n) is 2.32. The minimum absolute atomic E-state index is 0.0220. The number of para-hydroxylation sites is 1. The molecule has 25 heavy (non-hydrogen) atoms. The Labute approximate surface area is 149 Å². The van der Waals surface area contributed by atoms with E-state index in [9.17, 15) is 16.8 Å². The number of benzene rings is 2. The average molecular weight is 383 g/mol. The van der Waals surface area contributed by atoms with Crippen LogP contribution < -0.4 is 9.03 Å². The second-order valence-corrected chi connectivity index (χ2v) is 9.19. The van der Waals surface area contributed by atoms with E-state index in [0.717, 1.165) is 12.8 Å². The van der Waals surface area contributed by atoms with Crippen LogP contribution in [0, 0.1) is 0 Å². The van der Waals surface area contributed by atoms with Crippen LogP contribution in [0.2, 0.25) is 0 Å². The van der Waals surface area contributed by atoms with E-state index in [-0.39, 0.29) is 9.79 Å². The molecule has 0 aromatic heterocycles. The van der Waals surface area contributed by atoms with Crippen molar-refractivity contribution >= 4 is 25.7 Å². The molecule has 0 unspecified atom stereocenters. The molecule has 0 atom stereocenters. The average Bonchev–Trinajstić information content (AvgIpc) is 2.63. The van der Waals surface area contributed by atoms with Crippen LogP contribution in [0.25, 0.3) is 0 Å². The van der Waals surface area contributed by atoms with Gasteiger partial charge in [0.05, 0.1) is 15.5 Å². The van der Waals surface area contributed by atoms with Gasteiger partial charge < -0.3 is 0 Å². The van der Waals surface area contributed by atoms with Gasteiger partial charge in [-0.2, -0.15) is 0 Å². The zero-order valence-corrected chi connectivity index (χ0v) is 15.8. The lowest BCUT2D eigenvalue weighted by Crippen LogP contribution is -2.32. The van der Waals surface area contributed by atoms with Crippen LogP contribution in [0.15, 0.2) is 64.4 Å². The maximum absolute atomic E-state index is 13.0. The van der Waals surface area contributed by atoms with E-state index in [0.29, 0.717) is 12.2 Å². The highest BCUT2D eigenvalue weighted by Gasteiger charge is 2.25. The monoisotopic (exact) mass is 382 g/mol. The van der Waals surface area contributed by atoms with Crippen molar-refractivity contribution in [1.82, 2.24) is 4.72 Å². The van der Waals surface area contributed by atoms with Gasteiger partial charge in [0, 0.05) is 6.54 Å². The Balaban J connectivity index is 2.43. The van der Waals surface area contributed by atoms with Gasteiger partial charge in [-0.3, -0.25) is 4.31 Å². The van der Waals surface area contributed by atoms with E-state index in [4.69, 9.17) is 0 Å². The van der Waals surface area contributed by atoms with E-state index >= 15 is 0 Å². The van der Waals surface area contributed by atoms with Crippen molar-refractivity contribution < 1.29 is 16.8 Å². The second kappa shape index (κ2) is 7.99. The van der Waals surface area contributed by atoms with E-state index < -0.39 is 20.0 Å². The first-order valence-electron chi connectivity index (χ1n) is 7.94. The highest BCUT2D eigenvalue weighted by Crippen LogP contribution is 2.25. The van der Waals surface area contributed by atoms with Crippen molar-refractivity contribution in [1.29, 1.82) is 0 Å². The number of anilines is 1. The summed E-state index contributed by atoms with van der Waals surface area (Å²) in [5, 5.41) is 0. The van der Waals surface area contributed by atoms with Crippen LogP contribution in [0.5, 0.6) is 0 Å². The third-order valence-corrected chi connectivity index (χ3v) is 7.02. The Morgan fingerprint density at radius 3 is 1.96 bits per heavy atom. The Morgan fingerprint density at radius 1 is 0.880 bits per heavy atom. The normalized spacial score (nSPS) is 12.1. The summed E-state index contributed by atoms with van der Waals surface area (Å²) < 4.78 is 53.2. The molecule has 0 fully saturated rings. The number of unbranched alkanes of at least 4 members (excludes halogenated alkanes) is 1. The third kappa shape index (κ3) is 4.39. The molecule has 0 heterocycles. The van der Waals surface area contributed by atoms with Crippen molar-refractivity contribution in [3.05, 3.63) is 54.6 Å². The van der Waals surface area contributed by atoms with Gasteiger partial charge in [-0.15, -0.1) is 0 Å². The first-order chi connectivity index (χ1) is 11.8. The fraction of sp³-hybridized carbons (Fsp3) is 0.294. The van der Waals surface area contributed by atoms with Gasteiger partial charge in [0.25, 0.3) is 10.0 Å². The number of nitrogens with one attached hydrogen (secondary N) is 1. The largest absolute Gasteiger partial charge is 0.266 e. The van der Waals surface area contributed by atoms with Crippen molar-refractivity contribution in [2.75, 3.05) is 17.9 Å². The summed E-state index contributed by atoms with van der Waals surface area (Å²) in [5.41, 5.74) is 0.586. The summed E-state index contributed by atoms with van der Waals surface area (Å²) in [5.74, 6) is 0. The summed E-state index contributed by atoms with van der Waals surface area (Å²) in [6.45, 7) is 2.35. The molecule has 0 saturated carbocycles. The first kappa shape index (κ1) is 19.4. The van der Waals surface area contributed by atoms with Gasteiger partial charge in [-0.1, -0.05) is 31.5 Å². The molecular weight excluding hydrogens is 360 g/mol. The minimum Gasteiger partial charge on any atom is -0.266 e. The molecule has 0 saturated heterocycles. The lowest BCUT2D eigenvalue weighted by atomic mass is 10.3. The molecule has 2 aromatic rings. The van der Waals surface area contributed by atoms with Crippen LogP contribution in [0.4, 0.5) is 5.69 Å². The third-order valence-electron chi connectivity index (χ3n) is 3.75. The molecule has 2 aromatic carbocycles. The second-order valence-electron chi connectivity index (χ2n) is 5.45. The molecule has 0 radical (unpaired) electrons. The smallest absolute Gasteiger partial charge is 0.264 e. The topological polar surface area (TPSA) is 83.6 Å². The molecule has 0 aliphatic heterocycles. The summed E-state index contributed by atoms with van der Waals surface area (Å²) in [4.78, 5) is 0.0799. The van der Waals surface area contributed by atoms with Crippen molar-refractivity contribution in [3.63, 3.8) is 0 Å². The molecule has 0 amide bonds.